The van der Waals surface area contributed by atoms with E-state index in [0.717, 1.165) is 32.7 Å². The van der Waals surface area contributed by atoms with Crippen LogP contribution in [0.1, 0.15) is 18.1 Å². The molecule has 0 saturated carbocycles. The van der Waals surface area contributed by atoms with Crippen LogP contribution in [0.15, 0.2) is 42.5 Å². The molecular weight excluding hydrogens is 380 g/mol. The van der Waals surface area contributed by atoms with Gasteiger partial charge in [-0.1, -0.05) is 29.8 Å². The van der Waals surface area contributed by atoms with Crippen LogP contribution in [0.3, 0.4) is 0 Å². The smallest absolute Gasteiger partial charge is 0.238 e. The van der Waals surface area contributed by atoms with Gasteiger partial charge in [0.2, 0.25) is 11.8 Å². The molecule has 160 valence electrons. The molecule has 1 saturated heterocycles. The fraction of sp³-hybridized carbons (Fsp3) is 0.391. The molecule has 1 fully saturated rings. The topological polar surface area (TPSA) is 73.9 Å². The summed E-state index contributed by atoms with van der Waals surface area (Å²) in [5, 5.41) is 5.63. The lowest BCUT2D eigenvalue weighted by Crippen LogP contribution is -2.48. The molecule has 0 atom stereocenters. The lowest BCUT2D eigenvalue weighted by atomic mass is 10.1. The van der Waals surface area contributed by atoms with Crippen LogP contribution in [-0.2, 0) is 16.1 Å². The van der Waals surface area contributed by atoms with Crippen molar-refractivity contribution in [2.75, 3.05) is 50.5 Å². The molecule has 2 N–H and O–H groups in total. The summed E-state index contributed by atoms with van der Waals surface area (Å²) in [6, 6.07) is 13.8. The highest BCUT2D eigenvalue weighted by Gasteiger charge is 2.20. The summed E-state index contributed by atoms with van der Waals surface area (Å²) < 4.78 is 5.33. The van der Waals surface area contributed by atoms with Gasteiger partial charge in [0.1, 0.15) is 5.75 Å². The van der Waals surface area contributed by atoms with Gasteiger partial charge in [0.25, 0.3) is 0 Å². The molecule has 3 rings (SSSR count). The van der Waals surface area contributed by atoms with Crippen molar-refractivity contribution in [2.24, 2.45) is 0 Å². The zero-order valence-corrected chi connectivity index (χ0v) is 17.9. The molecule has 0 unspecified atom stereocenters. The monoisotopic (exact) mass is 410 g/mol. The number of carbonyl (C=O) groups excluding carboxylic acids is 2. The minimum Gasteiger partial charge on any atom is -0.495 e. The maximum Gasteiger partial charge on any atom is 0.238 e. The van der Waals surface area contributed by atoms with Crippen LogP contribution in [0.5, 0.6) is 5.75 Å². The van der Waals surface area contributed by atoms with Crippen LogP contribution in [0.4, 0.5) is 11.4 Å². The summed E-state index contributed by atoms with van der Waals surface area (Å²) in [7, 11) is 1.55. The van der Waals surface area contributed by atoms with Crippen molar-refractivity contribution >= 4 is 23.2 Å². The Labute approximate surface area is 178 Å². The third-order valence-corrected chi connectivity index (χ3v) is 5.11. The number of nitrogens with one attached hydrogen (secondary N) is 2. The van der Waals surface area contributed by atoms with Crippen LogP contribution in [-0.4, -0.2) is 61.4 Å². The zero-order chi connectivity index (χ0) is 21.5. The van der Waals surface area contributed by atoms with E-state index in [-0.39, 0.29) is 11.8 Å². The minimum atomic E-state index is -0.166. The number of benzene rings is 2. The number of aryl methyl sites for hydroxylation is 1. The van der Waals surface area contributed by atoms with Crippen molar-refractivity contribution in [2.45, 2.75) is 20.4 Å². The average molecular weight is 411 g/mol. The van der Waals surface area contributed by atoms with Gasteiger partial charge in [-0.2, -0.15) is 0 Å². The summed E-state index contributed by atoms with van der Waals surface area (Å²) in [5.41, 5.74) is 3.77. The molecule has 7 heteroatoms. The van der Waals surface area contributed by atoms with E-state index < -0.39 is 0 Å². The van der Waals surface area contributed by atoms with E-state index in [1.165, 1.54) is 18.1 Å². The predicted octanol–water partition coefficient (Wildman–Crippen LogP) is 2.72. The summed E-state index contributed by atoms with van der Waals surface area (Å²) in [6.07, 6.45) is 0. The third kappa shape index (κ3) is 6.30. The SMILES string of the molecule is COc1ccc(NC(C)=O)cc1NC(=O)CN1CCN(Cc2cccc(C)c2)CC1. The Hall–Kier alpha value is -2.90. The van der Waals surface area contributed by atoms with Gasteiger partial charge in [-0.25, -0.2) is 0 Å². The number of nitrogens with zero attached hydrogens (tertiary/aromatic N) is 2. The van der Waals surface area contributed by atoms with Gasteiger partial charge < -0.3 is 15.4 Å². The van der Waals surface area contributed by atoms with Crippen LogP contribution in [0, 0.1) is 6.92 Å². The number of hydrogen-bond acceptors (Lipinski definition) is 5. The van der Waals surface area contributed by atoms with Gasteiger partial charge in [-0.3, -0.25) is 19.4 Å². The number of carbonyl (C=O) groups is 2. The number of hydrogen-bond donors (Lipinski definition) is 2. The maximum absolute atomic E-state index is 12.6. The van der Waals surface area contributed by atoms with E-state index in [9.17, 15) is 9.59 Å². The minimum absolute atomic E-state index is 0.0968. The van der Waals surface area contributed by atoms with Crippen molar-refractivity contribution < 1.29 is 14.3 Å². The van der Waals surface area contributed by atoms with Gasteiger partial charge in [-0.05, 0) is 30.7 Å². The van der Waals surface area contributed by atoms with E-state index in [4.69, 9.17) is 4.74 Å². The Bertz CT molecular complexity index is 892. The third-order valence-electron chi connectivity index (χ3n) is 5.11. The molecule has 0 aliphatic carbocycles. The molecule has 0 aromatic heterocycles. The van der Waals surface area contributed by atoms with E-state index in [2.05, 4.69) is 51.6 Å². The normalized spacial score (nSPS) is 14.9. The van der Waals surface area contributed by atoms with Gasteiger partial charge in [-0.15, -0.1) is 0 Å². The van der Waals surface area contributed by atoms with Crippen LogP contribution >= 0.6 is 0 Å². The summed E-state index contributed by atoms with van der Waals surface area (Å²) in [4.78, 5) is 28.4. The lowest BCUT2D eigenvalue weighted by molar-refractivity contribution is -0.117. The number of anilines is 2. The fourth-order valence-corrected chi connectivity index (χ4v) is 3.65. The van der Waals surface area contributed by atoms with Gasteiger partial charge in [0.05, 0.1) is 19.3 Å². The van der Waals surface area contributed by atoms with E-state index in [1.807, 2.05) is 0 Å². The molecular formula is C23H30N4O3. The summed E-state index contributed by atoms with van der Waals surface area (Å²) in [6.45, 7) is 8.39. The average Bonchev–Trinajstić information content (AvgIpc) is 2.69. The molecule has 0 radical (unpaired) electrons. The van der Waals surface area contributed by atoms with Crippen molar-refractivity contribution in [1.82, 2.24) is 9.80 Å². The Balaban J connectivity index is 1.50. The van der Waals surface area contributed by atoms with Crippen LogP contribution in [0.2, 0.25) is 0 Å². The zero-order valence-electron chi connectivity index (χ0n) is 17.9. The number of ether oxygens (including phenoxy) is 1. The molecule has 0 spiro atoms. The highest BCUT2D eigenvalue weighted by Crippen LogP contribution is 2.28. The van der Waals surface area contributed by atoms with E-state index in [0.29, 0.717) is 23.7 Å². The first-order valence-corrected chi connectivity index (χ1v) is 10.2. The van der Waals surface area contributed by atoms with E-state index in [1.54, 1.807) is 25.3 Å². The van der Waals surface area contributed by atoms with Crippen molar-refractivity contribution in [1.29, 1.82) is 0 Å². The fourth-order valence-electron chi connectivity index (χ4n) is 3.65. The first kappa shape index (κ1) is 21.8. The number of rotatable bonds is 7. The Kier molecular flexibility index (Phi) is 7.43. The summed E-state index contributed by atoms with van der Waals surface area (Å²) in [5.74, 6) is 0.293. The molecule has 2 aromatic carbocycles. The molecule has 1 heterocycles. The van der Waals surface area contributed by atoms with Crippen LogP contribution < -0.4 is 15.4 Å². The quantitative estimate of drug-likeness (QED) is 0.734. The number of amides is 2. The molecule has 7 nitrogen and oxygen atoms in total. The Morgan fingerprint density at radius 1 is 1.00 bits per heavy atom. The number of methoxy groups -OCH3 is 1. The largest absolute Gasteiger partial charge is 0.495 e. The molecule has 1 aliphatic heterocycles. The Morgan fingerprint density at radius 3 is 2.40 bits per heavy atom. The second-order valence-electron chi connectivity index (χ2n) is 7.69. The highest BCUT2D eigenvalue weighted by atomic mass is 16.5. The molecule has 2 aromatic rings. The molecule has 30 heavy (non-hydrogen) atoms. The van der Waals surface area contributed by atoms with Gasteiger partial charge >= 0.3 is 0 Å². The predicted molar refractivity (Wildman–Crippen MR) is 119 cm³/mol. The Morgan fingerprint density at radius 2 is 1.73 bits per heavy atom. The van der Waals surface area contributed by atoms with Crippen molar-refractivity contribution in [3.05, 3.63) is 53.6 Å². The molecule has 2 amide bonds. The first-order chi connectivity index (χ1) is 14.4. The second kappa shape index (κ2) is 10.2. The second-order valence-corrected chi connectivity index (χ2v) is 7.69. The van der Waals surface area contributed by atoms with Gasteiger partial charge in [0, 0.05) is 45.3 Å². The summed E-state index contributed by atoms with van der Waals surface area (Å²) >= 11 is 0. The standard InChI is InChI=1S/C23H30N4O3/c1-17-5-4-6-19(13-17)15-26-9-11-27(12-10-26)16-23(29)25-21-14-20(24-18(2)28)7-8-22(21)30-3/h4-8,13-14H,9-12,15-16H2,1-3H3,(H,24,28)(H,25,29). The van der Waals surface area contributed by atoms with Gasteiger partial charge in [0.15, 0.2) is 0 Å². The first-order valence-electron chi connectivity index (χ1n) is 10.2. The van der Waals surface area contributed by atoms with Crippen molar-refractivity contribution in [3.63, 3.8) is 0 Å². The van der Waals surface area contributed by atoms with E-state index >= 15 is 0 Å². The van der Waals surface area contributed by atoms with Crippen molar-refractivity contribution in [3.8, 4) is 5.75 Å². The maximum atomic E-state index is 12.6. The number of piperazine rings is 1. The highest BCUT2D eigenvalue weighted by molar-refractivity contribution is 5.95. The molecule has 0 bridgehead atoms. The lowest BCUT2D eigenvalue weighted by Gasteiger charge is -2.34. The van der Waals surface area contributed by atoms with Crippen LogP contribution in [0.25, 0.3) is 0 Å². The molecule has 1 aliphatic rings.